The van der Waals surface area contributed by atoms with Crippen molar-refractivity contribution in [3.8, 4) is 0 Å². The molecule has 2 fully saturated rings. The average Bonchev–Trinajstić information content (AvgIpc) is 3.83. The molecule has 0 aromatic heterocycles. The molecule has 16 N–H and O–H groups in total. The molecule has 1 aromatic rings. The van der Waals surface area contributed by atoms with Crippen molar-refractivity contribution in [2.45, 2.75) is 154 Å². The first kappa shape index (κ1) is 63.1. The molecule has 0 bridgehead atoms. The Morgan fingerprint density at radius 1 is 0.767 bits per heavy atom. The van der Waals surface area contributed by atoms with Crippen molar-refractivity contribution in [2.24, 2.45) is 28.9 Å². The van der Waals surface area contributed by atoms with Crippen LogP contribution in [0, 0.1) is 5.92 Å². The van der Waals surface area contributed by atoms with E-state index in [1.54, 1.807) is 44.2 Å². The zero-order chi connectivity index (χ0) is 53.5. The van der Waals surface area contributed by atoms with Gasteiger partial charge in [0.25, 0.3) is 0 Å². The minimum absolute atomic E-state index is 0. The second kappa shape index (κ2) is 32.2. The van der Waals surface area contributed by atoms with Gasteiger partial charge in [0, 0.05) is 36.9 Å². The van der Waals surface area contributed by atoms with Gasteiger partial charge in [-0.1, -0.05) is 93.5 Å². The fourth-order valence-electron chi connectivity index (χ4n) is 7.78. The van der Waals surface area contributed by atoms with Gasteiger partial charge in [-0.2, -0.15) is 0 Å². The molecular formula is C47H77N13O11S2. The molecule has 2 heterocycles. The number of amides is 11. The van der Waals surface area contributed by atoms with Gasteiger partial charge in [0.1, 0.15) is 42.3 Å². The Kier molecular flexibility index (Phi) is 27.9. The van der Waals surface area contributed by atoms with E-state index in [0.717, 1.165) is 21.6 Å². The number of hydrogen-bond donors (Lipinski definition) is 12. The Hall–Kier alpha value is -5.99. The smallest absolute Gasteiger partial charge is 0.246 e. The number of primary amides is 3. The molecule has 2 aliphatic heterocycles. The summed E-state index contributed by atoms with van der Waals surface area (Å²) in [5.74, 6) is -9.60. The molecule has 11 amide bonds. The summed E-state index contributed by atoms with van der Waals surface area (Å²) in [5, 5.41) is 21.5. The van der Waals surface area contributed by atoms with E-state index in [9.17, 15) is 52.7 Å². The van der Waals surface area contributed by atoms with Crippen LogP contribution in [0.4, 0.5) is 0 Å². The van der Waals surface area contributed by atoms with Gasteiger partial charge in [-0.25, -0.2) is 0 Å². The maximum atomic E-state index is 14.6. The van der Waals surface area contributed by atoms with E-state index in [4.69, 9.17) is 22.9 Å². The molecule has 0 spiro atoms. The van der Waals surface area contributed by atoms with Crippen molar-refractivity contribution < 1.29 is 52.7 Å². The van der Waals surface area contributed by atoms with Crippen molar-refractivity contribution in [3.05, 3.63) is 35.9 Å². The number of nitrogens with one attached hydrogen (secondary N) is 8. The van der Waals surface area contributed by atoms with Crippen LogP contribution in [-0.2, 0) is 59.2 Å². The normalized spacial score (nSPS) is 23.5. The quantitative estimate of drug-likeness (QED) is 0.0445. The monoisotopic (exact) mass is 1060 g/mol. The summed E-state index contributed by atoms with van der Waals surface area (Å²) < 4.78 is 0. The Morgan fingerprint density at radius 3 is 2.03 bits per heavy atom. The number of likely N-dealkylation sites (tertiary alicyclic amines) is 1. The molecule has 1 aromatic carbocycles. The molecule has 9 unspecified atom stereocenters. The van der Waals surface area contributed by atoms with Crippen molar-refractivity contribution >= 4 is 86.6 Å². The molecule has 0 radical (unpaired) electrons. The summed E-state index contributed by atoms with van der Waals surface area (Å²) >= 11 is 0. The Labute approximate surface area is 434 Å². The number of nitrogens with zero attached hydrogens (tertiary/aromatic N) is 1. The minimum Gasteiger partial charge on any atom is -0.370 e. The molecule has 2 saturated heterocycles. The van der Waals surface area contributed by atoms with E-state index in [1.165, 1.54) is 4.90 Å². The number of benzene rings is 1. The van der Waals surface area contributed by atoms with Crippen molar-refractivity contribution in [1.82, 2.24) is 47.4 Å². The van der Waals surface area contributed by atoms with Gasteiger partial charge in [-0.3, -0.25) is 52.7 Å². The predicted octanol–water partition coefficient (Wildman–Crippen LogP) is -2.56. The summed E-state index contributed by atoms with van der Waals surface area (Å²) in [4.78, 5) is 149. The van der Waals surface area contributed by atoms with Gasteiger partial charge in [-0.15, -0.1) is 0 Å². The second-order valence-electron chi connectivity index (χ2n) is 18.2. The standard InChI is InChI=1S/C46H73N13O11S2.CH4/c1-5-26(4)38-45(69)54-30(14-9-17-35(48)60)41(65)56-32(21-36(49)61)42(66)57-33(24-72-71-23-28(47)39(63)55-31(43(67)58-38)20-27-12-7-6-8-13-27)46(70)59-19-11-16-34(59)44(68)53-29(15-10-18-51-25(2)3)40(64)52-22-37(50)62;/h6-8,12-13,25-26,28-34,38,51H,5,9-11,14-24,47H2,1-4H3,(H2,48,60)(H2,49,61)(H2,50,62)(H,52,64)(H,53,68)(H,54,69)(H,55,63)(H,56,65)(H,57,66)(H,58,67);1H4. The molecule has 2 aliphatic rings. The molecule has 0 aliphatic carbocycles. The van der Waals surface area contributed by atoms with Crippen LogP contribution in [0.3, 0.4) is 0 Å². The number of carbonyl (C=O) groups is 11. The maximum absolute atomic E-state index is 14.6. The number of rotatable bonds is 21. The Balaban J connectivity index is 0.0000183. The van der Waals surface area contributed by atoms with Crippen LogP contribution in [0.25, 0.3) is 0 Å². The van der Waals surface area contributed by atoms with E-state index >= 15 is 0 Å². The van der Waals surface area contributed by atoms with Gasteiger partial charge < -0.3 is 70.4 Å². The predicted molar refractivity (Wildman–Crippen MR) is 277 cm³/mol. The molecule has 408 valence electrons. The Morgan fingerprint density at radius 2 is 1.40 bits per heavy atom. The van der Waals surface area contributed by atoms with Gasteiger partial charge in [0.15, 0.2) is 0 Å². The average molecular weight is 1060 g/mol. The van der Waals surface area contributed by atoms with Crippen LogP contribution >= 0.6 is 21.6 Å². The Bertz CT molecular complexity index is 2070. The lowest BCUT2D eigenvalue weighted by molar-refractivity contribution is -0.142. The second-order valence-corrected chi connectivity index (χ2v) is 20.7. The SMILES string of the molecule is C.CCC(C)C1NC(=O)C(Cc2ccccc2)NC(=O)C(N)CSSCC(C(=O)N2CCCC2C(=O)NC(CCCNC(C)C)C(=O)NCC(N)=O)NC(=O)C(CC(N)=O)NC(=O)C(CCCC(N)=O)NC1=O. The van der Waals surface area contributed by atoms with Gasteiger partial charge in [-0.05, 0) is 56.6 Å². The lowest BCUT2D eigenvalue weighted by atomic mass is 9.96. The highest BCUT2D eigenvalue weighted by molar-refractivity contribution is 8.76. The van der Waals surface area contributed by atoms with Crippen molar-refractivity contribution in [1.29, 1.82) is 0 Å². The lowest BCUT2D eigenvalue weighted by Crippen LogP contribution is -2.61. The number of nitrogens with two attached hydrogens (primary N) is 4. The molecule has 9 atom stereocenters. The summed E-state index contributed by atoms with van der Waals surface area (Å²) in [6, 6.07) is -1.56. The van der Waals surface area contributed by atoms with Crippen LogP contribution in [0.15, 0.2) is 30.3 Å². The van der Waals surface area contributed by atoms with E-state index in [2.05, 4.69) is 42.5 Å². The van der Waals surface area contributed by atoms with Crippen LogP contribution < -0.4 is 65.5 Å². The first-order valence-corrected chi connectivity index (χ1v) is 26.6. The number of carbonyl (C=O) groups excluding carboxylic acids is 11. The highest BCUT2D eigenvalue weighted by atomic mass is 33.1. The van der Waals surface area contributed by atoms with Crippen molar-refractivity contribution in [2.75, 3.05) is 31.1 Å². The third-order valence-electron chi connectivity index (χ3n) is 11.9. The maximum Gasteiger partial charge on any atom is 0.246 e. The zero-order valence-corrected chi connectivity index (χ0v) is 43.0. The number of hydrogen-bond acceptors (Lipinski definition) is 15. The summed E-state index contributed by atoms with van der Waals surface area (Å²) in [5.41, 5.74) is 23.2. The minimum atomic E-state index is -1.72. The van der Waals surface area contributed by atoms with Gasteiger partial charge in [0.05, 0.1) is 19.0 Å². The van der Waals surface area contributed by atoms with Crippen LogP contribution in [0.2, 0.25) is 0 Å². The molecule has 0 saturated carbocycles. The van der Waals surface area contributed by atoms with Gasteiger partial charge in [0.2, 0.25) is 65.0 Å². The van der Waals surface area contributed by atoms with E-state index < -0.39 is 132 Å². The van der Waals surface area contributed by atoms with Gasteiger partial charge >= 0.3 is 0 Å². The van der Waals surface area contributed by atoms with E-state index in [0.29, 0.717) is 31.4 Å². The lowest BCUT2D eigenvalue weighted by Gasteiger charge is -2.31. The zero-order valence-electron chi connectivity index (χ0n) is 41.3. The van der Waals surface area contributed by atoms with E-state index in [-0.39, 0.29) is 70.0 Å². The summed E-state index contributed by atoms with van der Waals surface area (Å²) in [7, 11) is 2.11. The van der Waals surface area contributed by atoms with Crippen LogP contribution in [0.1, 0.15) is 98.5 Å². The molecular weight excluding hydrogens is 987 g/mol. The third kappa shape index (κ3) is 21.9. The fourth-order valence-corrected chi connectivity index (χ4v) is 10.1. The third-order valence-corrected chi connectivity index (χ3v) is 14.4. The summed E-state index contributed by atoms with van der Waals surface area (Å²) in [6.45, 7) is 7.47. The fraction of sp³-hybridized carbons (Fsp3) is 0.638. The highest BCUT2D eigenvalue weighted by Crippen LogP contribution is 2.26. The molecule has 24 nitrogen and oxygen atoms in total. The van der Waals surface area contributed by atoms with Crippen LogP contribution in [-0.4, -0.2) is 155 Å². The molecule has 3 rings (SSSR count). The molecule has 73 heavy (non-hydrogen) atoms. The molecule has 26 heteroatoms. The highest BCUT2D eigenvalue weighted by Gasteiger charge is 2.41. The van der Waals surface area contributed by atoms with E-state index in [1.807, 2.05) is 13.8 Å². The van der Waals surface area contributed by atoms with Crippen molar-refractivity contribution in [3.63, 3.8) is 0 Å². The largest absolute Gasteiger partial charge is 0.370 e. The van der Waals surface area contributed by atoms with Crippen LogP contribution in [0.5, 0.6) is 0 Å². The first-order chi connectivity index (χ1) is 34.1. The first-order valence-electron chi connectivity index (χ1n) is 24.1. The summed E-state index contributed by atoms with van der Waals surface area (Å²) in [6.07, 6.45) is 0.419. The topological polar surface area (TPSA) is 391 Å².